The second-order valence-electron chi connectivity index (χ2n) is 4.33. The Morgan fingerprint density at radius 2 is 2.00 bits per heavy atom. The maximum absolute atomic E-state index is 11.0. The van der Waals surface area contributed by atoms with E-state index in [4.69, 9.17) is 5.73 Å². The van der Waals surface area contributed by atoms with Crippen molar-refractivity contribution >= 4 is 25.8 Å². The lowest BCUT2D eigenvalue weighted by Crippen LogP contribution is -2.23. The summed E-state index contributed by atoms with van der Waals surface area (Å²) in [5.74, 6) is 0.219. The van der Waals surface area contributed by atoms with E-state index in [1.54, 1.807) is 0 Å². The molecule has 0 fully saturated rings. The molecule has 0 spiro atoms. The van der Waals surface area contributed by atoms with E-state index < -0.39 is 9.84 Å². The number of rotatable bonds is 6. The van der Waals surface area contributed by atoms with E-state index in [0.29, 0.717) is 6.42 Å². The topological polar surface area (TPSA) is 60.2 Å². The highest BCUT2D eigenvalue weighted by atomic mass is 79.9. The van der Waals surface area contributed by atoms with Gasteiger partial charge < -0.3 is 5.73 Å². The average molecular weight is 320 g/mol. The average Bonchev–Trinajstić information content (AvgIpc) is 2.19. The molecule has 1 unspecified atom stereocenters. The predicted molar refractivity (Wildman–Crippen MR) is 74.8 cm³/mol. The van der Waals surface area contributed by atoms with Crippen molar-refractivity contribution in [3.63, 3.8) is 0 Å². The highest BCUT2D eigenvalue weighted by Gasteiger charge is 2.08. The van der Waals surface area contributed by atoms with E-state index in [0.717, 1.165) is 17.3 Å². The Kier molecular flexibility index (Phi) is 5.62. The molecular weight excluding hydrogens is 302 g/mol. The van der Waals surface area contributed by atoms with Crippen molar-refractivity contribution in [3.8, 4) is 0 Å². The van der Waals surface area contributed by atoms with E-state index in [9.17, 15) is 8.42 Å². The fraction of sp³-hybridized carbons (Fsp3) is 0.500. The van der Waals surface area contributed by atoms with E-state index in [2.05, 4.69) is 15.9 Å². The summed E-state index contributed by atoms with van der Waals surface area (Å²) in [4.78, 5) is 0. The predicted octanol–water partition coefficient (Wildman–Crippen LogP) is 2.14. The lowest BCUT2D eigenvalue weighted by molar-refractivity contribution is 0.577. The van der Waals surface area contributed by atoms with Crippen LogP contribution >= 0.6 is 15.9 Å². The van der Waals surface area contributed by atoms with Crippen molar-refractivity contribution in [2.24, 2.45) is 5.73 Å². The third-order valence-electron chi connectivity index (χ3n) is 2.53. The molecule has 0 saturated carbocycles. The molecule has 0 saturated heterocycles. The maximum Gasteiger partial charge on any atom is 0.147 e. The van der Waals surface area contributed by atoms with Gasteiger partial charge in [-0.2, -0.15) is 0 Å². The first-order chi connectivity index (χ1) is 7.88. The van der Waals surface area contributed by atoms with E-state index in [-0.39, 0.29) is 11.8 Å². The molecule has 0 aliphatic carbocycles. The molecule has 0 amide bonds. The van der Waals surface area contributed by atoms with Gasteiger partial charge in [0.15, 0.2) is 0 Å². The summed E-state index contributed by atoms with van der Waals surface area (Å²) in [6.45, 7) is 0. The monoisotopic (exact) mass is 319 g/mol. The van der Waals surface area contributed by atoms with Crippen molar-refractivity contribution in [3.05, 3.63) is 34.3 Å². The van der Waals surface area contributed by atoms with Gasteiger partial charge in [-0.25, -0.2) is 8.42 Å². The number of hydrogen-bond donors (Lipinski definition) is 1. The first-order valence-corrected chi connectivity index (χ1v) is 8.40. The molecule has 0 heterocycles. The molecule has 5 heteroatoms. The van der Waals surface area contributed by atoms with Gasteiger partial charge >= 0.3 is 0 Å². The fourth-order valence-electron chi connectivity index (χ4n) is 1.66. The van der Waals surface area contributed by atoms with Crippen LogP contribution in [0.25, 0.3) is 0 Å². The quantitative estimate of drug-likeness (QED) is 0.874. The lowest BCUT2D eigenvalue weighted by atomic mass is 10.0. The summed E-state index contributed by atoms with van der Waals surface area (Å²) >= 11 is 3.47. The summed E-state index contributed by atoms with van der Waals surface area (Å²) < 4.78 is 23.0. The second-order valence-corrected chi connectivity index (χ2v) is 7.44. The number of halogens is 1. The van der Waals surface area contributed by atoms with Crippen LogP contribution in [0.2, 0.25) is 0 Å². The second kappa shape index (κ2) is 6.52. The van der Waals surface area contributed by atoms with Gasteiger partial charge in [0.1, 0.15) is 9.84 Å². The summed E-state index contributed by atoms with van der Waals surface area (Å²) in [6, 6.07) is 7.96. The number of benzene rings is 1. The molecule has 1 aromatic rings. The zero-order chi connectivity index (χ0) is 12.9. The molecular formula is C12H18BrNO2S. The van der Waals surface area contributed by atoms with Gasteiger partial charge in [0.2, 0.25) is 0 Å². The highest BCUT2D eigenvalue weighted by Crippen LogP contribution is 2.18. The van der Waals surface area contributed by atoms with Gasteiger partial charge in [-0.1, -0.05) is 34.1 Å². The van der Waals surface area contributed by atoms with Crippen molar-refractivity contribution in [2.75, 3.05) is 12.0 Å². The summed E-state index contributed by atoms with van der Waals surface area (Å²) in [7, 11) is -2.87. The molecule has 0 aromatic heterocycles. The van der Waals surface area contributed by atoms with Crippen LogP contribution in [0.4, 0.5) is 0 Å². The van der Waals surface area contributed by atoms with Gasteiger partial charge in [0, 0.05) is 22.5 Å². The standard InChI is InChI=1S/C12H18BrNO2S/c1-17(15,16)8-4-6-11(14)9-10-5-2-3-7-12(10)13/h2-3,5,7,11H,4,6,8-9,14H2,1H3. The third kappa shape index (κ3) is 6.19. The van der Waals surface area contributed by atoms with Crippen LogP contribution in [0.15, 0.2) is 28.7 Å². The summed E-state index contributed by atoms with van der Waals surface area (Å²) in [5.41, 5.74) is 7.15. The van der Waals surface area contributed by atoms with Crippen LogP contribution in [0.3, 0.4) is 0 Å². The van der Waals surface area contributed by atoms with Gasteiger partial charge in [-0.3, -0.25) is 0 Å². The van der Waals surface area contributed by atoms with Gasteiger partial charge in [-0.05, 0) is 30.9 Å². The lowest BCUT2D eigenvalue weighted by Gasteiger charge is -2.12. The molecule has 17 heavy (non-hydrogen) atoms. The molecule has 3 nitrogen and oxygen atoms in total. The minimum absolute atomic E-state index is 0.00968. The summed E-state index contributed by atoms with van der Waals surface area (Å²) in [5, 5.41) is 0. The summed E-state index contributed by atoms with van der Waals surface area (Å²) in [6.07, 6.45) is 3.39. The molecule has 1 atom stereocenters. The fourth-order valence-corrected chi connectivity index (χ4v) is 2.79. The molecule has 0 bridgehead atoms. The van der Waals surface area contributed by atoms with Crippen LogP contribution in [-0.4, -0.2) is 26.5 Å². The zero-order valence-corrected chi connectivity index (χ0v) is 12.3. The van der Waals surface area contributed by atoms with Crippen LogP contribution < -0.4 is 5.73 Å². The molecule has 0 radical (unpaired) electrons. The van der Waals surface area contributed by atoms with Gasteiger partial charge in [-0.15, -0.1) is 0 Å². The van der Waals surface area contributed by atoms with E-state index in [1.165, 1.54) is 11.8 Å². The minimum atomic E-state index is -2.87. The van der Waals surface area contributed by atoms with Crippen molar-refractivity contribution in [1.29, 1.82) is 0 Å². The van der Waals surface area contributed by atoms with Gasteiger partial charge in [0.25, 0.3) is 0 Å². The van der Waals surface area contributed by atoms with Crippen molar-refractivity contribution in [2.45, 2.75) is 25.3 Å². The SMILES string of the molecule is CS(=O)(=O)CCCC(N)Cc1ccccc1Br. The Morgan fingerprint density at radius 3 is 2.59 bits per heavy atom. The first kappa shape index (κ1) is 14.7. The molecule has 1 rings (SSSR count). The largest absolute Gasteiger partial charge is 0.327 e. The molecule has 1 aromatic carbocycles. The van der Waals surface area contributed by atoms with E-state index >= 15 is 0 Å². The van der Waals surface area contributed by atoms with Crippen molar-refractivity contribution in [1.82, 2.24) is 0 Å². The molecule has 0 aliphatic rings. The molecule has 2 N–H and O–H groups in total. The van der Waals surface area contributed by atoms with Crippen LogP contribution in [0.5, 0.6) is 0 Å². The smallest absolute Gasteiger partial charge is 0.147 e. The Balaban J connectivity index is 2.40. The number of nitrogens with two attached hydrogens (primary N) is 1. The Labute approximate surface area is 111 Å². The minimum Gasteiger partial charge on any atom is -0.327 e. The van der Waals surface area contributed by atoms with Crippen molar-refractivity contribution < 1.29 is 8.42 Å². The Hall–Kier alpha value is -0.390. The first-order valence-electron chi connectivity index (χ1n) is 5.55. The van der Waals surface area contributed by atoms with Crippen LogP contribution in [-0.2, 0) is 16.3 Å². The highest BCUT2D eigenvalue weighted by molar-refractivity contribution is 9.10. The maximum atomic E-state index is 11.0. The Bertz CT molecular complexity index is 459. The number of sulfone groups is 1. The molecule has 96 valence electrons. The number of hydrogen-bond acceptors (Lipinski definition) is 3. The van der Waals surface area contributed by atoms with Crippen LogP contribution in [0.1, 0.15) is 18.4 Å². The van der Waals surface area contributed by atoms with E-state index in [1.807, 2.05) is 24.3 Å². The zero-order valence-electron chi connectivity index (χ0n) is 9.90. The molecule has 0 aliphatic heterocycles. The van der Waals surface area contributed by atoms with Gasteiger partial charge in [0.05, 0.1) is 0 Å². The van der Waals surface area contributed by atoms with Crippen LogP contribution in [0, 0.1) is 0 Å². The Morgan fingerprint density at radius 1 is 1.35 bits per heavy atom. The third-order valence-corrected chi connectivity index (χ3v) is 4.33. The normalized spacial score (nSPS) is 13.6.